The van der Waals surface area contributed by atoms with Gasteiger partial charge in [-0.3, -0.25) is 0 Å². The molecule has 5 heteroatoms. The first kappa shape index (κ1) is 17.0. The van der Waals surface area contributed by atoms with Crippen molar-refractivity contribution in [2.45, 2.75) is 54.0 Å². The molecule has 114 valence electrons. The number of nitrogens with one attached hydrogen (secondary N) is 2. The largest absolute Gasteiger partial charge is 0.357 e. The minimum Gasteiger partial charge on any atom is -0.357 e. The van der Waals surface area contributed by atoms with Crippen molar-refractivity contribution in [2.75, 3.05) is 13.1 Å². The van der Waals surface area contributed by atoms with Crippen LogP contribution in [-0.2, 0) is 6.54 Å². The standard InChI is InChI=1S/C15H28N4S/c1-6-13(7-2)9-17-15(16-8-3)18-10-14-19-11(4)12(5)20-14/h13H,6-10H2,1-5H3,(H2,16,17,18). The van der Waals surface area contributed by atoms with E-state index in [1.54, 1.807) is 11.3 Å². The SMILES string of the molecule is CCNC(=NCc1nc(C)c(C)s1)NCC(CC)CC. The lowest BCUT2D eigenvalue weighted by molar-refractivity contribution is 0.481. The van der Waals surface area contributed by atoms with E-state index in [-0.39, 0.29) is 0 Å². The van der Waals surface area contributed by atoms with Crippen molar-refractivity contribution in [3.63, 3.8) is 0 Å². The smallest absolute Gasteiger partial charge is 0.191 e. The maximum Gasteiger partial charge on any atom is 0.191 e. The van der Waals surface area contributed by atoms with E-state index < -0.39 is 0 Å². The summed E-state index contributed by atoms with van der Waals surface area (Å²) in [5, 5.41) is 7.81. The van der Waals surface area contributed by atoms with Crippen LogP contribution in [0.15, 0.2) is 4.99 Å². The van der Waals surface area contributed by atoms with Crippen LogP contribution in [0.4, 0.5) is 0 Å². The van der Waals surface area contributed by atoms with Gasteiger partial charge < -0.3 is 10.6 Å². The second-order valence-electron chi connectivity index (χ2n) is 5.01. The van der Waals surface area contributed by atoms with Crippen LogP contribution < -0.4 is 10.6 Å². The minimum absolute atomic E-state index is 0.650. The number of aliphatic imine (C=N–C) groups is 1. The topological polar surface area (TPSA) is 49.3 Å². The molecule has 0 amide bonds. The summed E-state index contributed by atoms with van der Waals surface area (Å²) in [4.78, 5) is 10.4. The highest BCUT2D eigenvalue weighted by atomic mass is 32.1. The Balaban J connectivity index is 2.57. The van der Waals surface area contributed by atoms with Gasteiger partial charge >= 0.3 is 0 Å². The van der Waals surface area contributed by atoms with Gasteiger partial charge in [0.15, 0.2) is 5.96 Å². The maximum absolute atomic E-state index is 4.62. The third-order valence-corrected chi connectivity index (χ3v) is 4.56. The van der Waals surface area contributed by atoms with Gasteiger partial charge in [0, 0.05) is 18.0 Å². The summed E-state index contributed by atoms with van der Waals surface area (Å²) in [5.41, 5.74) is 1.12. The third kappa shape index (κ3) is 5.49. The molecule has 0 saturated carbocycles. The predicted molar refractivity (Wildman–Crippen MR) is 88.5 cm³/mol. The molecule has 2 N–H and O–H groups in total. The molecule has 1 aromatic heterocycles. The van der Waals surface area contributed by atoms with Crippen LogP contribution in [0.25, 0.3) is 0 Å². The number of aromatic nitrogens is 1. The number of guanidine groups is 1. The molecule has 0 fully saturated rings. The van der Waals surface area contributed by atoms with Crippen LogP contribution in [0.2, 0.25) is 0 Å². The molecular weight excluding hydrogens is 268 g/mol. The summed E-state index contributed by atoms with van der Waals surface area (Å²) in [7, 11) is 0. The van der Waals surface area contributed by atoms with E-state index in [1.165, 1.54) is 17.7 Å². The monoisotopic (exact) mass is 296 g/mol. The molecule has 0 unspecified atom stereocenters. The Bertz CT molecular complexity index is 402. The van der Waals surface area contributed by atoms with E-state index in [9.17, 15) is 0 Å². The lowest BCUT2D eigenvalue weighted by atomic mass is 10.0. The van der Waals surface area contributed by atoms with Crippen molar-refractivity contribution in [3.8, 4) is 0 Å². The average molecular weight is 296 g/mol. The van der Waals surface area contributed by atoms with E-state index in [0.717, 1.165) is 29.8 Å². The second kappa shape index (κ2) is 8.95. The van der Waals surface area contributed by atoms with Gasteiger partial charge in [-0.25, -0.2) is 9.98 Å². The molecule has 0 aromatic carbocycles. The first-order chi connectivity index (χ1) is 9.60. The van der Waals surface area contributed by atoms with E-state index >= 15 is 0 Å². The highest BCUT2D eigenvalue weighted by Crippen LogP contribution is 2.16. The number of hydrogen-bond acceptors (Lipinski definition) is 3. The van der Waals surface area contributed by atoms with Gasteiger partial charge in [-0.15, -0.1) is 11.3 Å². The molecule has 0 bridgehead atoms. The van der Waals surface area contributed by atoms with Crippen molar-refractivity contribution >= 4 is 17.3 Å². The zero-order valence-electron chi connectivity index (χ0n) is 13.4. The average Bonchev–Trinajstić information content (AvgIpc) is 2.76. The third-order valence-electron chi connectivity index (χ3n) is 3.50. The predicted octanol–water partition coefficient (Wildman–Crippen LogP) is 3.25. The number of aryl methyl sites for hydroxylation is 2. The molecule has 4 nitrogen and oxygen atoms in total. The van der Waals surface area contributed by atoms with Gasteiger partial charge in [0.1, 0.15) is 5.01 Å². The van der Waals surface area contributed by atoms with Crippen LogP contribution in [-0.4, -0.2) is 24.0 Å². The molecule has 0 aliphatic heterocycles. The first-order valence-corrected chi connectivity index (χ1v) is 8.37. The van der Waals surface area contributed by atoms with Crippen LogP contribution in [0, 0.1) is 19.8 Å². The number of nitrogens with zero attached hydrogens (tertiary/aromatic N) is 2. The molecule has 1 aromatic rings. The normalized spacial score (nSPS) is 12.0. The Labute approximate surface area is 127 Å². The minimum atomic E-state index is 0.650. The van der Waals surface area contributed by atoms with Gasteiger partial charge in [0.2, 0.25) is 0 Å². The van der Waals surface area contributed by atoms with Crippen molar-refractivity contribution < 1.29 is 0 Å². The molecule has 1 heterocycles. The Morgan fingerprint density at radius 3 is 2.40 bits per heavy atom. The lowest BCUT2D eigenvalue weighted by Gasteiger charge is -2.16. The molecule has 0 saturated heterocycles. The van der Waals surface area contributed by atoms with Crippen LogP contribution >= 0.6 is 11.3 Å². The van der Waals surface area contributed by atoms with E-state index in [0.29, 0.717) is 12.5 Å². The van der Waals surface area contributed by atoms with E-state index in [2.05, 4.69) is 55.2 Å². The van der Waals surface area contributed by atoms with Crippen molar-refractivity contribution in [2.24, 2.45) is 10.9 Å². The molecule has 0 aliphatic carbocycles. The first-order valence-electron chi connectivity index (χ1n) is 7.55. The van der Waals surface area contributed by atoms with Crippen LogP contribution in [0.1, 0.15) is 49.2 Å². The number of thiazole rings is 1. The molecule has 0 spiro atoms. The van der Waals surface area contributed by atoms with Gasteiger partial charge in [0.05, 0.1) is 12.2 Å². The maximum atomic E-state index is 4.62. The van der Waals surface area contributed by atoms with Crippen molar-refractivity contribution in [1.82, 2.24) is 15.6 Å². The Morgan fingerprint density at radius 1 is 1.20 bits per heavy atom. The molecule has 0 atom stereocenters. The quantitative estimate of drug-likeness (QED) is 0.600. The zero-order valence-corrected chi connectivity index (χ0v) is 14.2. The summed E-state index contributed by atoms with van der Waals surface area (Å²) in [6.07, 6.45) is 2.40. The van der Waals surface area contributed by atoms with Crippen LogP contribution in [0.5, 0.6) is 0 Å². The van der Waals surface area contributed by atoms with Crippen LogP contribution in [0.3, 0.4) is 0 Å². The van der Waals surface area contributed by atoms with E-state index in [4.69, 9.17) is 0 Å². The molecule has 1 rings (SSSR count). The number of rotatable bonds is 7. The lowest BCUT2D eigenvalue weighted by Crippen LogP contribution is -2.39. The molecule has 0 radical (unpaired) electrons. The summed E-state index contributed by atoms with van der Waals surface area (Å²) >= 11 is 1.73. The Hall–Kier alpha value is -1.10. The number of hydrogen-bond donors (Lipinski definition) is 2. The van der Waals surface area contributed by atoms with Gasteiger partial charge in [-0.2, -0.15) is 0 Å². The Kier molecular flexibility index (Phi) is 7.59. The van der Waals surface area contributed by atoms with Crippen molar-refractivity contribution in [3.05, 3.63) is 15.6 Å². The van der Waals surface area contributed by atoms with Gasteiger partial charge in [-0.1, -0.05) is 26.7 Å². The molecule has 20 heavy (non-hydrogen) atoms. The summed E-state index contributed by atoms with van der Waals surface area (Å²) < 4.78 is 0. The highest BCUT2D eigenvalue weighted by molar-refractivity contribution is 7.11. The molecule has 0 aliphatic rings. The fourth-order valence-corrected chi connectivity index (χ4v) is 2.77. The highest BCUT2D eigenvalue weighted by Gasteiger charge is 2.06. The second-order valence-corrected chi connectivity index (χ2v) is 6.30. The fraction of sp³-hybridized carbons (Fsp3) is 0.733. The molecular formula is C15H28N4S. The zero-order chi connectivity index (χ0) is 15.0. The summed E-state index contributed by atoms with van der Waals surface area (Å²) in [5.74, 6) is 1.60. The van der Waals surface area contributed by atoms with E-state index in [1.807, 2.05) is 0 Å². The summed E-state index contributed by atoms with van der Waals surface area (Å²) in [6, 6.07) is 0. The van der Waals surface area contributed by atoms with Gasteiger partial charge in [0.25, 0.3) is 0 Å². The summed E-state index contributed by atoms with van der Waals surface area (Å²) in [6.45, 7) is 13.2. The van der Waals surface area contributed by atoms with Gasteiger partial charge in [-0.05, 0) is 26.7 Å². The van der Waals surface area contributed by atoms with Crippen molar-refractivity contribution in [1.29, 1.82) is 0 Å². The fourth-order valence-electron chi connectivity index (χ4n) is 1.91. The Morgan fingerprint density at radius 2 is 1.90 bits per heavy atom.